The van der Waals surface area contributed by atoms with Crippen molar-refractivity contribution in [2.45, 2.75) is 51.2 Å². The van der Waals surface area contributed by atoms with Crippen molar-refractivity contribution in [1.29, 1.82) is 0 Å². The van der Waals surface area contributed by atoms with Gasteiger partial charge in [0.05, 0.1) is 11.7 Å². The molecule has 0 saturated carbocycles. The number of aryl methyl sites for hydroxylation is 1. The third-order valence-electron chi connectivity index (χ3n) is 3.76. The SMILES string of the molecule is Cn1cc(C(N)CNC(=O)OC(C)(C)C)c(C2CCOCC2)n1. The van der Waals surface area contributed by atoms with E-state index in [9.17, 15) is 4.79 Å². The van der Waals surface area contributed by atoms with Gasteiger partial charge in [0.15, 0.2) is 0 Å². The van der Waals surface area contributed by atoms with E-state index in [-0.39, 0.29) is 6.04 Å². The van der Waals surface area contributed by atoms with Crippen LogP contribution in [0.15, 0.2) is 6.20 Å². The highest BCUT2D eigenvalue weighted by molar-refractivity contribution is 5.67. The molecule has 1 aliphatic rings. The molecule has 1 aliphatic heterocycles. The van der Waals surface area contributed by atoms with E-state index in [1.54, 1.807) is 4.68 Å². The summed E-state index contributed by atoms with van der Waals surface area (Å²) >= 11 is 0. The summed E-state index contributed by atoms with van der Waals surface area (Å²) in [7, 11) is 1.89. The van der Waals surface area contributed by atoms with Crippen LogP contribution in [0.5, 0.6) is 0 Å². The number of alkyl carbamates (subject to hydrolysis) is 1. The van der Waals surface area contributed by atoms with Crippen LogP contribution in [0, 0.1) is 0 Å². The molecule has 0 aromatic carbocycles. The smallest absolute Gasteiger partial charge is 0.407 e. The number of nitrogens with two attached hydrogens (primary N) is 1. The van der Waals surface area contributed by atoms with Crippen LogP contribution >= 0.6 is 0 Å². The van der Waals surface area contributed by atoms with Gasteiger partial charge < -0.3 is 20.5 Å². The Bertz CT molecular complexity index is 530. The molecular weight excluding hydrogens is 296 g/mol. The Morgan fingerprint density at radius 2 is 2.17 bits per heavy atom. The van der Waals surface area contributed by atoms with E-state index in [1.807, 2.05) is 34.0 Å². The van der Waals surface area contributed by atoms with Crippen LogP contribution in [0.1, 0.15) is 56.8 Å². The molecule has 130 valence electrons. The summed E-state index contributed by atoms with van der Waals surface area (Å²) in [5.74, 6) is 0.368. The number of rotatable bonds is 4. The van der Waals surface area contributed by atoms with Gasteiger partial charge in [-0.05, 0) is 33.6 Å². The fourth-order valence-electron chi connectivity index (χ4n) is 2.72. The van der Waals surface area contributed by atoms with Crippen molar-refractivity contribution in [2.24, 2.45) is 12.8 Å². The minimum Gasteiger partial charge on any atom is -0.444 e. The summed E-state index contributed by atoms with van der Waals surface area (Å²) < 4.78 is 12.4. The second-order valence-corrected chi connectivity index (χ2v) is 7.02. The number of nitrogens with zero attached hydrogens (tertiary/aromatic N) is 2. The van der Waals surface area contributed by atoms with E-state index in [2.05, 4.69) is 10.4 Å². The van der Waals surface area contributed by atoms with Crippen LogP contribution in [0.4, 0.5) is 4.79 Å². The predicted octanol–water partition coefficient (Wildman–Crippen LogP) is 1.84. The highest BCUT2D eigenvalue weighted by Gasteiger charge is 2.25. The zero-order chi connectivity index (χ0) is 17.0. The number of ether oxygens (including phenoxy) is 2. The zero-order valence-electron chi connectivity index (χ0n) is 14.5. The van der Waals surface area contributed by atoms with E-state index >= 15 is 0 Å². The number of hydrogen-bond donors (Lipinski definition) is 2. The molecule has 0 spiro atoms. The van der Waals surface area contributed by atoms with Gasteiger partial charge in [0, 0.05) is 44.5 Å². The molecule has 3 N–H and O–H groups in total. The first-order valence-electron chi connectivity index (χ1n) is 8.10. The van der Waals surface area contributed by atoms with Gasteiger partial charge in [-0.2, -0.15) is 5.10 Å². The summed E-state index contributed by atoms with van der Waals surface area (Å²) in [6.07, 6.45) is 3.39. The first-order valence-corrected chi connectivity index (χ1v) is 8.10. The summed E-state index contributed by atoms with van der Waals surface area (Å²) in [6.45, 7) is 7.32. The van der Waals surface area contributed by atoms with Crippen molar-refractivity contribution < 1.29 is 14.3 Å². The maximum absolute atomic E-state index is 11.8. The monoisotopic (exact) mass is 324 g/mol. The first kappa shape index (κ1) is 17.7. The van der Waals surface area contributed by atoms with E-state index in [1.165, 1.54) is 0 Å². The van der Waals surface area contributed by atoms with Crippen molar-refractivity contribution in [3.8, 4) is 0 Å². The van der Waals surface area contributed by atoms with Crippen LogP contribution in [0.25, 0.3) is 0 Å². The van der Waals surface area contributed by atoms with E-state index < -0.39 is 11.7 Å². The molecule has 1 unspecified atom stereocenters. The Morgan fingerprint density at radius 3 is 2.78 bits per heavy atom. The largest absolute Gasteiger partial charge is 0.444 e. The molecule has 2 rings (SSSR count). The molecule has 1 aromatic heterocycles. The van der Waals surface area contributed by atoms with E-state index in [0.29, 0.717) is 12.5 Å². The Hall–Kier alpha value is -1.60. The van der Waals surface area contributed by atoms with Gasteiger partial charge in [-0.1, -0.05) is 0 Å². The number of carbonyl (C=O) groups excluding carboxylic acids is 1. The molecular formula is C16H28N4O3. The molecule has 1 fully saturated rings. The number of hydrogen-bond acceptors (Lipinski definition) is 5. The van der Waals surface area contributed by atoms with Gasteiger partial charge >= 0.3 is 6.09 Å². The Morgan fingerprint density at radius 1 is 1.52 bits per heavy atom. The van der Waals surface area contributed by atoms with Gasteiger partial charge in [-0.3, -0.25) is 4.68 Å². The Balaban J connectivity index is 1.99. The molecule has 23 heavy (non-hydrogen) atoms. The highest BCUT2D eigenvalue weighted by Crippen LogP contribution is 2.30. The van der Waals surface area contributed by atoms with Crippen molar-refractivity contribution in [1.82, 2.24) is 15.1 Å². The molecule has 1 atom stereocenters. The van der Waals surface area contributed by atoms with Gasteiger partial charge in [0.25, 0.3) is 0 Å². The van der Waals surface area contributed by atoms with Gasteiger partial charge in [0.1, 0.15) is 5.60 Å². The minimum absolute atomic E-state index is 0.311. The van der Waals surface area contributed by atoms with Crippen LogP contribution in [-0.2, 0) is 16.5 Å². The average molecular weight is 324 g/mol. The van der Waals surface area contributed by atoms with Crippen molar-refractivity contribution >= 4 is 6.09 Å². The molecule has 0 radical (unpaired) electrons. The maximum atomic E-state index is 11.8. The van der Waals surface area contributed by atoms with Crippen LogP contribution in [-0.4, -0.2) is 41.2 Å². The van der Waals surface area contributed by atoms with Crippen LogP contribution < -0.4 is 11.1 Å². The van der Waals surface area contributed by atoms with Gasteiger partial charge in [0.2, 0.25) is 0 Å². The number of nitrogens with one attached hydrogen (secondary N) is 1. The second kappa shape index (κ2) is 7.31. The number of aromatic nitrogens is 2. The Labute approximate surface area is 137 Å². The second-order valence-electron chi connectivity index (χ2n) is 7.02. The minimum atomic E-state index is -0.518. The third-order valence-corrected chi connectivity index (χ3v) is 3.76. The van der Waals surface area contributed by atoms with Crippen LogP contribution in [0.3, 0.4) is 0 Å². The Kier molecular flexibility index (Phi) is 5.64. The number of carbonyl (C=O) groups is 1. The average Bonchev–Trinajstić information content (AvgIpc) is 2.86. The topological polar surface area (TPSA) is 91.4 Å². The molecule has 0 bridgehead atoms. The summed E-state index contributed by atoms with van der Waals surface area (Å²) in [4.78, 5) is 11.8. The fourth-order valence-corrected chi connectivity index (χ4v) is 2.72. The molecule has 1 amide bonds. The van der Waals surface area contributed by atoms with Crippen LogP contribution in [0.2, 0.25) is 0 Å². The zero-order valence-corrected chi connectivity index (χ0v) is 14.5. The molecule has 2 heterocycles. The summed E-state index contributed by atoms with van der Waals surface area (Å²) in [5, 5.41) is 7.31. The molecule has 7 heteroatoms. The molecule has 1 saturated heterocycles. The summed E-state index contributed by atoms with van der Waals surface area (Å²) in [5.41, 5.74) is 7.76. The number of amides is 1. The molecule has 0 aliphatic carbocycles. The van der Waals surface area contributed by atoms with Crippen molar-refractivity contribution in [3.05, 3.63) is 17.5 Å². The normalized spacial score (nSPS) is 17.8. The quantitative estimate of drug-likeness (QED) is 0.882. The lowest BCUT2D eigenvalue weighted by Gasteiger charge is -2.23. The standard InChI is InChI=1S/C16H28N4O3/c1-16(2,3)23-15(21)18-9-13(17)12-10-20(4)19-14(12)11-5-7-22-8-6-11/h10-11,13H,5-9,17H2,1-4H3,(H,18,21). The molecule has 7 nitrogen and oxygen atoms in total. The summed E-state index contributed by atoms with van der Waals surface area (Å²) in [6, 6.07) is -0.311. The van der Waals surface area contributed by atoms with Gasteiger partial charge in [-0.25, -0.2) is 4.79 Å². The third kappa shape index (κ3) is 5.21. The fraction of sp³-hybridized carbons (Fsp3) is 0.750. The highest BCUT2D eigenvalue weighted by atomic mass is 16.6. The lowest BCUT2D eigenvalue weighted by molar-refractivity contribution is 0.0524. The van der Waals surface area contributed by atoms with Crippen molar-refractivity contribution in [3.63, 3.8) is 0 Å². The predicted molar refractivity (Wildman–Crippen MR) is 87.2 cm³/mol. The lowest BCUT2D eigenvalue weighted by Crippen LogP contribution is -2.36. The van der Waals surface area contributed by atoms with E-state index in [0.717, 1.165) is 37.3 Å². The van der Waals surface area contributed by atoms with Crippen molar-refractivity contribution in [2.75, 3.05) is 19.8 Å². The molecule has 1 aromatic rings. The van der Waals surface area contributed by atoms with E-state index in [4.69, 9.17) is 15.2 Å². The first-order chi connectivity index (χ1) is 10.8. The van der Waals surface area contributed by atoms with Gasteiger partial charge in [-0.15, -0.1) is 0 Å². The maximum Gasteiger partial charge on any atom is 0.407 e. The lowest BCUT2D eigenvalue weighted by atomic mass is 9.92.